The minimum absolute atomic E-state index is 0.0227. The summed E-state index contributed by atoms with van der Waals surface area (Å²) in [5.41, 5.74) is 0.643. The number of hydrogen-bond donors (Lipinski definition) is 2. The van der Waals surface area contributed by atoms with Crippen LogP contribution in [0.5, 0.6) is 0 Å². The van der Waals surface area contributed by atoms with Gasteiger partial charge in [0.15, 0.2) is 5.82 Å². The summed E-state index contributed by atoms with van der Waals surface area (Å²) in [4.78, 5) is 3.50. The monoisotopic (exact) mass is 256 g/mol. The molecule has 0 amide bonds. The van der Waals surface area contributed by atoms with E-state index in [2.05, 4.69) is 19.9 Å². The lowest BCUT2D eigenvalue weighted by atomic mass is 10.4. The Labute approximate surface area is 96.9 Å². The second-order valence-electron chi connectivity index (χ2n) is 3.22. The van der Waals surface area contributed by atoms with Crippen LogP contribution in [0.2, 0.25) is 0 Å². The normalized spacial score (nSPS) is 11.6. The van der Waals surface area contributed by atoms with Gasteiger partial charge < -0.3 is 0 Å². The largest absolute Gasteiger partial charge is 0.285 e. The van der Waals surface area contributed by atoms with Crippen molar-refractivity contribution in [2.24, 2.45) is 0 Å². The zero-order valence-electron chi connectivity index (χ0n) is 8.59. The fourth-order valence-electron chi connectivity index (χ4n) is 1.19. The Hall–Kier alpha value is -1.80. The zero-order chi connectivity index (χ0) is 12.3. The lowest BCUT2D eigenvalue weighted by Crippen LogP contribution is -2.25. The molecular weight excluding hydrogens is 247 g/mol. The Morgan fingerprint density at radius 2 is 2.29 bits per heavy atom. The van der Waals surface area contributed by atoms with Gasteiger partial charge in [0.1, 0.15) is 0 Å². The van der Waals surface area contributed by atoms with E-state index in [1.54, 1.807) is 0 Å². The average molecular weight is 256 g/mol. The van der Waals surface area contributed by atoms with E-state index in [0.29, 0.717) is 5.56 Å². The zero-order valence-corrected chi connectivity index (χ0v) is 9.41. The van der Waals surface area contributed by atoms with Crippen molar-refractivity contribution in [3.63, 3.8) is 0 Å². The molecule has 90 valence electrons. The van der Waals surface area contributed by atoms with Crippen molar-refractivity contribution < 1.29 is 12.8 Å². The van der Waals surface area contributed by atoms with E-state index < -0.39 is 20.9 Å². The number of aromatic nitrogens is 3. The van der Waals surface area contributed by atoms with Crippen molar-refractivity contribution in [2.45, 2.75) is 11.6 Å². The topological polar surface area (TPSA) is 87.7 Å². The first-order chi connectivity index (χ1) is 8.09. The maximum absolute atomic E-state index is 13.3. The van der Waals surface area contributed by atoms with E-state index in [-0.39, 0.29) is 6.54 Å². The molecule has 2 rings (SSSR count). The minimum atomic E-state index is -3.94. The Bertz CT molecular complexity index is 597. The van der Waals surface area contributed by atoms with Gasteiger partial charge in [-0.2, -0.15) is 5.10 Å². The van der Waals surface area contributed by atoms with Gasteiger partial charge in [-0.25, -0.2) is 22.5 Å². The number of nitrogens with one attached hydrogen (secondary N) is 2. The van der Waals surface area contributed by atoms with Gasteiger partial charge in [0.2, 0.25) is 5.03 Å². The van der Waals surface area contributed by atoms with Crippen LogP contribution in [-0.4, -0.2) is 23.6 Å². The third kappa shape index (κ3) is 2.66. The molecule has 0 aliphatic rings. The summed E-state index contributed by atoms with van der Waals surface area (Å²) in [5.74, 6) is -0.882. The Balaban J connectivity index is 2.17. The molecule has 0 aromatic carbocycles. The van der Waals surface area contributed by atoms with Crippen LogP contribution in [0.4, 0.5) is 4.39 Å². The predicted molar refractivity (Wildman–Crippen MR) is 56.8 cm³/mol. The number of aromatic amines is 1. The van der Waals surface area contributed by atoms with Gasteiger partial charge in [-0.05, 0) is 12.1 Å². The van der Waals surface area contributed by atoms with E-state index in [1.807, 2.05) is 0 Å². The van der Waals surface area contributed by atoms with Gasteiger partial charge in [-0.15, -0.1) is 0 Å². The number of pyridine rings is 1. The third-order valence-electron chi connectivity index (χ3n) is 2.00. The van der Waals surface area contributed by atoms with E-state index in [0.717, 1.165) is 6.07 Å². The fraction of sp³-hybridized carbons (Fsp3) is 0.111. The highest BCUT2D eigenvalue weighted by atomic mass is 32.2. The average Bonchev–Trinajstić information content (AvgIpc) is 2.80. The Morgan fingerprint density at radius 1 is 1.47 bits per heavy atom. The van der Waals surface area contributed by atoms with Crippen LogP contribution in [-0.2, 0) is 16.6 Å². The van der Waals surface area contributed by atoms with Gasteiger partial charge in [0, 0.05) is 24.5 Å². The maximum Gasteiger partial charge on any atom is 0.261 e. The number of nitrogens with zero attached hydrogens (tertiary/aromatic N) is 2. The highest BCUT2D eigenvalue weighted by Crippen LogP contribution is 2.10. The third-order valence-corrected chi connectivity index (χ3v) is 3.33. The van der Waals surface area contributed by atoms with Crippen LogP contribution in [0.1, 0.15) is 5.56 Å². The van der Waals surface area contributed by atoms with Crippen LogP contribution >= 0.6 is 0 Å². The highest BCUT2D eigenvalue weighted by molar-refractivity contribution is 7.89. The molecule has 0 unspecified atom stereocenters. The standard InChI is InChI=1S/C9H9FN4O2S/c10-8-2-1-3-11-9(8)17(15,16)14-6-7-4-12-13-5-7/h1-5,14H,6H2,(H,12,13). The quantitative estimate of drug-likeness (QED) is 0.830. The molecule has 0 aliphatic carbocycles. The van der Waals surface area contributed by atoms with Crippen LogP contribution in [0.3, 0.4) is 0 Å². The molecule has 17 heavy (non-hydrogen) atoms. The molecule has 2 aromatic rings. The molecule has 2 aromatic heterocycles. The molecule has 0 bridgehead atoms. The first kappa shape index (κ1) is 11.7. The molecule has 0 atom stereocenters. The lowest BCUT2D eigenvalue weighted by molar-refractivity contribution is 0.544. The summed E-state index contributed by atoms with van der Waals surface area (Å²) in [7, 11) is -3.94. The van der Waals surface area contributed by atoms with Gasteiger partial charge in [-0.1, -0.05) is 0 Å². The summed E-state index contributed by atoms with van der Waals surface area (Å²) < 4.78 is 38.9. The van der Waals surface area contributed by atoms with E-state index >= 15 is 0 Å². The van der Waals surface area contributed by atoms with Crippen molar-refractivity contribution in [2.75, 3.05) is 0 Å². The second-order valence-corrected chi connectivity index (χ2v) is 4.90. The van der Waals surface area contributed by atoms with Crippen LogP contribution < -0.4 is 4.72 Å². The van der Waals surface area contributed by atoms with E-state index in [9.17, 15) is 12.8 Å². The van der Waals surface area contributed by atoms with Gasteiger partial charge >= 0.3 is 0 Å². The first-order valence-corrected chi connectivity index (χ1v) is 6.16. The fourth-order valence-corrected chi connectivity index (χ4v) is 2.21. The second kappa shape index (κ2) is 4.60. The molecule has 0 radical (unpaired) electrons. The molecule has 0 fully saturated rings. The molecule has 8 heteroatoms. The van der Waals surface area contributed by atoms with E-state index in [1.165, 1.54) is 24.7 Å². The number of H-pyrrole nitrogens is 1. The van der Waals surface area contributed by atoms with Crippen LogP contribution in [0.25, 0.3) is 0 Å². The smallest absolute Gasteiger partial charge is 0.261 e. The Kier molecular flexibility index (Phi) is 3.16. The molecule has 2 heterocycles. The molecule has 2 N–H and O–H groups in total. The first-order valence-electron chi connectivity index (χ1n) is 4.67. The molecule has 0 saturated heterocycles. The van der Waals surface area contributed by atoms with E-state index in [4.69, 9.17) is 0 Å². The Morgan fingerprint density at radius 3 is 2.94 bits per heavy atom. The van der Waals surface area contributed by atoms with Gasteiger partial charge in [-0.3, -0.25) is 5.10 Å². The number of halogens is 1. The summed E-state index contributed by atoms with van der Waals surface area (Å²) >= 11 is 0. The van der Waals surface area contributed by atoms with Crippen molar-refractivity contribution in [3.05, 3.63) is 42.1 Å². The number of rotatable bonds is 4. The van der Waals surface area contributed by atoms with Crippen molar-refractivity contribution in [1.29, 1.82) is 0 Å². The lowest BCUT2D eigenvalue weighted by Gasteiger charge is -2.04. The summed E-state index contributed by atoms with van der Waals surface area (Å²) in [6, 6.07) is 2.36. The molecule has 0 saturated carbocycles. The number of sulfonamides is 1. The number of hydrogen-bond acceptors (Lipinski definition) is 4. The van der Waals surface area contributed by atoms with Crippen molar-refractivity contribution in [1.82, 2.24) is 19.9 Å². The highest BCUT2D eigenvalue weighted by Gasteiger charge is 2.19. The van der Waals surface area contributed by atoms with Crippen molar-refractivity contribution >= 4 is 10.0 Å². The minimum Gasteiger partial charge on any atom is -0.285 e. The van der Waals surface area contributed by atoms with Crippen molar-refractivity contribution in [3.8, 4) is 0 Å². The molecule has 0 spiro atoms. The van der Waals surface area contributed by atoms with Gasteiger partial charge in [0.25, 0.3) is 10.0 Å². The SMILES string of the molecule is O=S(=O)(NCc1cn[nH]c1)c1ncccc1F. The summed E-state index contributed by atoms with van der Waals surface area (Å²) in [6.07, 6.45) is 4.23. The summed E-state index contributed by atoms with van der Waals surface area (Å²) in [6.45, 7) is 0.0227. The molecule has 0 aliphatic heterocycles. The summed E-state index contributed by atoms with van der Waals surface area (Å²) in [5, 5.41) is 5.60. The molecular formula is C9H9FN4O2S. The van der Waals surface area contributed by atoms with Gasteiger partial charge in [0.05, 0.1) is 6.20 Å². The van der Waals surface area contributed by atoms with Crippen LogP contribution in [0.15, 0.2) is 35.7 Å². The maximum atomic E-state index is 13.3. The van der Waals surface area contributed by atoms with Crippen LogP contribution in [0, 0.1) is 5.82 Å². The molecule has 6 nitrogen and oxygen atoms in total. The predicted octanol–water partition coefficient (Wildman–Crippen LogP) is 0.422.